The highest BCUT2D eigenvalue weighted by Gasteiger charge is 2.53. The van der Waals surface area contributed by atoms with Gasteiger partial charge in [-0.1, -0.05) is 33.8 Å². The zero-order valence-electron chi connectivity index (χ0n) is 10.7. The van der Waals surface area contributed by atoms with Gasteiger partial charge in [-0.3, -0.25) is 4.98 Å². The minimum atomic E-state index is 0.496. The van der Waals surface area contributed by atoms with Gasteiger partial charge >= 0.3 is 0 Å². The molecule has 0 saturated heterocycles. The molecule has 16 heavy (non-hydrogen) atoms. The number of hydrogen-bond acceptors (Lipinski definition) is 1. The lowest BCUT2D eigenvalue weighted by atomic mass is 9.48. The second-order valence-electron chi connectivity index (χ2n) is 6.45. The Hall–Kier alpha value is -0.850. The molecule has 0 aliphatic heterocycles. The third-order valence-corrected chi connectivity index (χ3v) is 4.89. The average Bonchev–Trinajstić information content (AvgIpc) is 2.27. The predicted octanol–water partition coefficient (Wildman–Crippen LogP) is 3.89. The van der Waals surface area contributed by atoms with Crippen molar-refractivity contribution in [2.24, 2.45) is 11.3 Å². The van der Waals surface area contributed by atoms with Crippen molar-refractivity contribution in [2.75, 3.05) is 0 Å². The Morgan fingerprint density at radius 2 is 2.06 bits per heavy atom. The van der Waals surface area contributed by atoms with Crippen LogP contribution >= 0.6 is 0 Å². The van der Waals surface area contributed by atoms with Gasteiger partial charge in [0.25, 0.3) is 0 Å². The number of rotatable bonds is 1. The molecule has 0 radical (unpaired) electrons. The van der Waals surface area contributed by atoms with Crippen LogP contribution in [-0.2, 0) is 6.42 Å². The fourth-order valence-corrected chi connectivity index (χ4v) is 3.41. The van der Waals surface area contributed by atoms with Gasteiger partial charge in [0.05, 0.1) is 0 Å². The Labute approximate surface area is 98.3 Å². The van der Waals surface area contributed by atoms with Crippen LogP contribution in [0.2, 0.25) is 0 Å². The molecule has 1 aromatic rings. The molecule has 1 heteroatoms. The molecule has 0 spiro atoms. The third-order valence-electron chi connectivity index (χ3n) is 4.89. The van der Waals surface area contributed by atoms with E-state index in [-0.39, 0.29) is 0 Å². The first-order chi connectivity index (χ1) is 7.50. The number of hydrogen-bond donors (Lipinski definition) is 0. The molecule has 4 rings (SSSR count). The zero-order valence-corrected chi connectivity index (χ0v) is 10.7. The van der Waals surface area contributed by atoms with Gasteiger partial charge in [0.15, 0.2) is 0 Å². The first-order valence-corrected chi connectivity index (χ1v) is 6.50. The molecule has 1 heterocycles. The number of aromatic nitrogens is 1. The summed E-state index contributed by atoms with van der Waals surface area (Å²) in [6.45, 7) is 9.29. The van der Waals surface area contributed by atoms with Gasteiger partial charge in [0, 0.05) is 17.3 Å². The molecule has 0 aromatic carbocycles. The van der Waals surface area contributed by atoms with Gasteiger partial charge in [-0.15, -0.1) is 0 Å². The van der Waals surface area contributed by atoms with E-state index in [1.54, 1.807) is 0 Å². The van der Waals surface area contributed by atoms with Crippen molar-refractivity contribution in [3.63, 3.8) is 0 Å². The van der Waals surface area contributed by atoms with Gasteiger partial charge in [-0.05, 0) is 41.7 Å². The molecule has 3 aliphatic rings. The Morgan fingerprint density at radius 3 is 2.69 bits per heavy atom. The van der Waals surface area contributed by atoms with Gasteiger partial charge in [-0.2, -0.15) is 0 Å². The Morgan fingerprint density at radius 1 is 1.31 bits per heavy atom. The Bertz CT molecular complexity index is 431. The highest BCUT2D eigenvalue weighted by atomic mass is 14.8. The van der Waals surface area contributed by atoms with Crippen molar-refractivity contribution < 1.29 is 0 Å². The van der Waals surface area contributed by atoms with E-state index in [2.05, 4.69) is 39.8 Å². The van der Waals surface area contributed by atoms with Crippen LogP contribution in [-0.4, -0.2) is 4.98 Å². The zero-order chi connectivity index (χ0) is 11.5. The summed E-state index contributed by atoms with van der Waals surface area (Å²) in [6.07, 6.45) is 2.62. The van der Waals surface area contributed by atoms with Gasteiger partial charge in [-0.25, -0.2) is 0 Å². The number of pyridine rings is 1. The van der Waals surface area contributed by atoms with Crippen LogP contribution in [0.4, 0.5) is 0 Å². The maximum Gasteiger partial charge on any atom is 0.0475 e. The summed E-state index contributed by atoms with van der Waals surface area (Å²) < 4.78 is 0. The predicted molar refractivity (Wildman–Crippen MR) is 66.7 cm³/mol. The molecule has 1 nitrogen and oxygen atoms in total. The first-order valence-electron chi connectivity index (χ1n) is 6.50. The molecule has 1 aromatic heterocycles. The highest BCUT2D eigenvalue weighted by Crippen LogP contribution is 2.61. The fourth-order valence-electron chi connectivity index (χ4n) is 3.41. The first kappa shape index (κ1) is 10.3. The van der Waals surface area contributed by atoms with Crippen LogP contribution in [0.3, 0.4) is 0 Å². The lowest BCUT2D eigenvalue weighted by molar-refractivity contribution is 0.0153. The second-order valence-corrected chi connectivity index (χ2v) is 6.45. The van der Waals surface area contributed by atoms with Crippen molar-refractivity contribution in [1.82, 2.24) is 4.98 Å². The van der Waals surface area contributed by atoms with Crippen LogP contribution in [0.5, 0.6) is 0 Å². The van der Waals surface area contributed by atoms with Crippen LogP contribution in [0, 0.1) is 11.3 Å². The monoisotopic (exact) mass is 215 g/mol. The summed E-state index contributed by atoms with van der Waals surface area (Å²) in [5, 5.41) is 0. The van der Waals surface area contributed by atoms with Crippen LogP contribution in [0.1, 0.15) is 62.9 Å². The quantitative estimate of drug-likeness (QED) is 0.692. The van der Waals surface area contributed by atoms with Gasteiger partial charge in [0.2, 0.25) is 0 Å². The highest BCUT2D eigenvalue weighted by molar-refractivity contribution is 5.36. The summed E-state index contributed by atoms with van der Waals surface area (Å²) in [6, 6.07) is 4.55. The molecule has 0 unspecified atom stereocenters. The smallest absolute Gasteiger partial charge is 0.0475 e. The summed E-state index contributed by atoms with van der Waals surface area (Å²) in [4.78, 5) is 4.93. The van der Waals surface area contributed by atoms with E-state index in [0.29, 0.717) is 11.3 Å². The molecule has 3 aliphatic carbocycles. The SMILES string of the molecule is CC(C)c1ccc2c(n1)[C@@H]1C[C@H](C2)C1(C)C. The van der Waals surface area contributed by atoms with Crippen molar-refractivity contribution in [2.45, 2.75) is 52.4 Å². The molecule has 1 saturated carbocycles. The molecule has 0 N–H and O–H groups in total. The molecular formula is C15H21N. The maximum absolute atomic E-state index is 4.93. The maximum atomic E-state index is 4.93. The Balaban J connectivity index is 2.06. The number of nitrogens with zero attached hydrogens (tertiary/aromatic N) is 1. The lowest BCUT2D eigenvalue weighted by Gasteiger charge is -2.56. The minimum absolute atomic E-state index is 0.496. The molecule has 2 bridgehead atoms. The summed E-state index contributed by atoms with van der Waals surface area (Å²) in [5.41, 5.74) is 4.69. The molecule has 2 atom stereocenters. The minimum Gasteiger partial charge on any atom is -0.257 e. The molecular weight excluding hydrogens is 194 g/mol. The average molecular weight is 215 g/mol. The lowest BCUT2D eigenvalue weighted by Crippen LogP contribution is -2.48. The van der Waals surface area contributed by atoms with E-state index in [4.69, 9.17) is 4.98 Å². The molecule has 1 fully saturated rings. The summed E-state index contributed by atoms with van der Waals surface area (Å²) in [7, 11) is 0. The molecule has 86 valence electrons. The van der Waals surface area contributed by atoms with Crippen LogP contribution in [0.25, 0.3) is 0 Å². The van der Waals surface area contributed by atoms with E-state index < -0.39 is 0 Å². The van der Waals surface area contributed by atoms with E-state index >= 15 is 0 Å². The standard InChI is InChI=1S/C15H21N/c1-9(2)13-6-5-10-7-11-8-12(14(10)16-13)15(11,3)4/h5-6,9,11-12H,7-8H2,1-4H3/t11-,12-/m0/s1. The van der Waals surface area contributed by atoms with Crippen LogP contribution < -0.4 is 0 Å². The second kappa shape index (κ2) is 3.09. The Kier molecular flexibility index (Phi) is 1.99. The fraction of sp³-hybridized carbons (Fsp3) is 0.667. The van der Waals surface area contributed by atoms with Gasteiger partial charge in [0.1, 0.15) is 0 Å². The van der Waals surface area contributed by atoms with E-state index in [1.165, 1.54) is 29.8 Å². The van der Waals surface area contributed by atoms with Gasteiger partial charge < -0.3 is 0 Å². The normalized spacial score (nSPS) is 29.8. The largest absolute Gasteiger partial charge is 0.257 e. The molecule has 0 amide bonds. The van der Waals surface area contributed by atoms with E-state index in [1.807, 2.05) is 0 Å². The summed E-state index contributed by atoms with van der Waals surface area (Å²) >= 11 is 0. The third kappa shape index (κ3) is 1.20. The summed E-state index contributed by atoms with van der Waals surface area (Å²) in [5.74, 6) is 2.17. The van der Waals surface area contributed by atoms with Crippen LogP contribution in [0.15, 0.2) is 12.1 Å². The van der Waals surface area contributed by atoms with E-state index in [9.17, 15) is 0 Å². The topological polar surface area (TPSA) is 12.9 Å². The van der Waals surface area contributed by atoms with Crippen molar-refractivity contribution in [3.05, 3.63) is 29.1 Å². The van der Waals surface area contributed by atoms with E-state index in [0.717, 1.165) is 11.8 Å². The van der Waals surface area contributed by atoms with Crippen molar-refractivity contribution >= 4 is 0 Å². The van der Waals surface area contributed by atoms with Crippen molar-refractivity contribution in [3.8, 4) is 0 Å². The van der Waals surface area contributed by atoms with Crippen molar-refractivity contribution in [1.29, 1.82) is 0 Å².